The second-order valence-electron chi connectivity index (χ2n) is 6.17. The van der Waals surface area contributed by atoms with Gasteiger partial charge in [0.15, 0.2) is 0 Å². The molecule has 0 aliphatic carbocycles. The van der Waals surface area contributed by atoms with Crippen molar-refractivity contribution in [3.63, 3.8) is 0 Å². The lowest BCUT2D eigenvalue weighted by molar-refractivity contribution is 0.0532. The Morgan fingerprint density at radius 2 is 1.89 bits per heavy atom. The number of ether oxygens (including phenoxy) is 1. The van der Waals surface area contributed by atoms with Gasteiger partial charge in [-0.05, 0) is 48.9 Å². The normalized spacial score (nSPS) is 13.0. The summed E-state index contributed by atoms with van der Waals surface area (Å²) >= 11 is 4.67. The number of nitrogens with zero attached hydrogens (tertiary/aromatic N) is 1. The highest BCUT2D eigenvalue weighted by Gasteiger charge is 2.33. The van der Waals surface area contributed by atoms with Crippen molar-refractivity contribution in [2.75, 3.05) is 10.9 Å². The predicted molar refractivity (Wildman–Crippen MR) is 113 cm³/mol. The van der Waals surface area contributed by atoms with Gasteiger partial charge in [0.25, 0.3) is 10.0 Å². The average Bonchev–Trinajstić information content (AvgIpc) is 3.12. The fourth-order valence-electron chi connectivity index (χ4n) is 3.15. The molecule has 8 heteroatoms. The number of thiophene rings is 1. The molecular formula is C20H16BrNO4S2. The summed E-state index contributed by atoms with van der Waals surface area (Å²) in [7, 11) is -3.76. The molecule has 0 radical (unpaired) electrons. The number of rotatable bonds is 4. The van der Waals surface area contributed by atoms with Crippen LogP contribution in [-0.4, -0.2) is 21.0 Å². The van der Waals surface area contributed by atoms with Crippen molar-refractivity contribution >= 4 is 48.9 Å². The first kappa shape index (κ1) is 19.2. The number of para-hydroxylation sites is 1. The zero-order valence-electron chi connectivity index (χ0n) is 14.9. The van der Waals surface area contributed by atoms with Crippen LogP contribution in [0.15, 0.2) is 64.0 Å². The highest BCUT2D eigenvalue weighted by molar-refractivity contribution is 9.10. The third kappa shape index (κ3) is 3.25. The molecule has 3 aromatic rings. The van der Waals surface area contributed by atoms with E-state index in [1.54, 1.807) is 43.3 Å². The summed E-state index contributed by atoms with van der Waals surface area (Å²) in [6.07, 6.45) is 0. The fourth-order valence-corrected chi connectivity index (χ4v) is 5.97. The molecule has 0 fully saturated rings. The van der Waals surface area contributed by atoms with Crippen LogP contribution >= 0.6 is 27.3 Å². The molecule has 1 aliphatic rings. The van der Waals surface area contributed by atoms with Gasteiger partial charge in [0, 0.05) is 14.9 Å². The molecule has 4 rings (SSSR count). The van der Waals surface area contributed by atoms with E-state index in [4.69, 9.17) is 4.74 Å². The van der Waals surface area contributed by atoms with Gasteiger partial charge in [-0.25, -0.2) is 13.2 Å². The van der Waals surface area contributed by atoms with Gasteiger partial charge in [-0.3, -0.25) is 4.31 Å². The van der Waals surface area contributed by atoms with Crippen LogP contribution in [0.4, 0.5) is 5.69 Å². The van der Waals surface area contributed by atoms with Gasteiger partial charge < -0.3 is 4.74 Å². The first-order valence-corrected chi connectivity index (χ1v) is 11.6. The van der Waals surface area contributed by atoms with Crippen LogP contribution in [0.3, 0.4) is 0 Å². The number of esters is 1. The molecule has 5 nitrogen and oxygen atoms in total. The molecule has 2 aromatic carbocycles. The number of anilines is 1. The minimum Gasteiger partial charge on any atom is -0.462 e. The smallest absolute Gasteiger partial charge is 0.348 e. The van der Waals surface area contributed by atoms with E-state index >= 15 is 0 Å². The molecule has 0 N–H and O–H groups in total. The van der Waals surface area contributed by atoms with E-state index in [0.717, 1.165) is 20.5 Å². The van der Waals surface area contributed by atoms with Crippen LogP contribution in [0.25, 0.3) is 10.4 Å². The maximum atomic E-state index is 13.3. The molecule has 1 aliphatic heterocycles. The van der Waals surface area contributed by atoms with Crippen molar-refractivity contribution in [2.45, 2.75) is 18.4 Å². The number of benzene rings is 2. The SMILES string of the molecule is CCOC(=O)c1cc2c(s1)-c1ccccc1N(S(=O)(=O)c1ccc(Br)cc1)C2. The Balaban J connectivity index is 1.82. The molecule has 28 heavy (non-hydrogen) atoms. The van der Waals surface area contributed by atoms with Crippen LogP contribution in [0.5, 0.6) is 0 Å². The quantitative estimate of drug-likeness (QED) is 0.492. The third-order valence-electron chi connectivity index (χ3n) is 4.42. The van der Waals surface area contributed by atoms with E-state index in [1.165, 1.54) is 15.6 Å². The van der Waals surface area contributed by atoms with Crippen molar-refractivity contribution < 1.29 is 17.9 Å². The number of halogens is 1. The van der Waals surface area contributed by atoms with E-state index < -0.39 is 10.0 Å². The first-order valence-electron chi connectivity index (χ1n) is 8.59. The van der Waals surface area contributed by atoms with Crippen molar-refractivity contribution in [3.05, 3.63) is 69.5 Å². The number of fused-ring (bicyclic) bond motifs is 3. The number of hydrogen-bond acceptors (Lipinski definition) is 5. The lowest BCUT2D eigenvalue weighted by atomic mass is 10.0. The molecule has 0 saturated carbocycles. The zero-order chi connectivity index (χ0) is 19.9. The molecule has 0 bridgehead atoms. The Morgan fingerprint density at radius 3 is 2.61 bits per heavy atom. The standard InChI is InChI=1S/C20H16BrNO4S2/c1-2-26-20(23)18-11-13-12-22(17-6-4-3-5-16(17)19(13)27-18)28(24,25)15-9-7-14(21)8-10-15/h3-11H,2,12H2,1H3. The van der Waals surface area contributed by atoms with Crippen LogP contribution in [0, 0.1) is 0 Å². The van der Waals surface area contributed by atoms with Crippen LogP contribution in [-0.2, 0) is 21.3 Å². The molecule has 144 valence electrons. The molecule has 0 spiro atoms. The summed E-state index contributed by atoms with van der Waals surface area (Å²) in [5.74, 6) is -0.387. The molecule has 0 unspecified atom stereocenters. The molecule has 0 atom stereocenters. The van der Waals surface area contributed by atoms with Gasteiger partial charge in [0.05, 0.1) is 23.7 Å². The third-order valence-corrected chi connectivity index (χ3v) is 7.91. The monoisotopic (exact) mass is 477 g/mol. The minimum absolute atomic E-state index is 0.167. The molecular weight excluding hydrogens is 462 g/mol. The zero-order valence-corrected chi connectivity index (χ0v) is 18.1. The summed E-state index contributed by atoms with van der Waals surface area (Å²) < 4.78 is 34.0. The van der Waals surface area contributed by atoms with Gasteiger partial charge in [0.2, 0.25) is 0 Å². The molecule has 1 aromatic heterocycles. The Labute approximate surface area is 175 Å². The van der Waals surface area contributed by atoms with E-state index in [1.807, 2.05) is 18.2 Å². The highest BCUT2D eigenvalue weighted by atomic mass is 79.9. The van der Waals surface area contributed by atoms with Crippen molar-refractivity contribution in [2.24, 2.45) is 0 Å². The topological polar surface area (TPSA) is 63.7 Å². The Morgan fingerprint density at radius 1 is 1.18 bits per heavy atom. The highest BCUT2D eigenvalue weighted by Crippen LogP contribution is 2.45. The van der Waals surface area contributed by atoms with Crippen molar-refractivity contribution in [1.82, 2.24) is 0 Å². The van der Waals surface area contributed by atoms with Crippen molar-refractivity contribution in [1.29, 1.82) is 0 Å². The van der Waals surface area contributed by atoms with Gasteiger partial charge in [-0.2, -0.15) is 0 Å². The second-order valence-corrected chi connectivity index (χ2v) is 10.00. The summed E-state index contributed by atoms with van der Waals surface area (Å²) in [5.41, 5.74) is 2.20. The van der Waals surface area contributed by atoms with E-state index in [9.17, 15) is 13.2 Å². The predicted octanol–water partition coefficient (Wildman–Crippen LogP) is 5.06. The first-order chi connectivity index (χ1) is 13.4. The van der Waals surface area contributed by atoms with E-state index in [2.05, 4.69) is 15.9 Å². The molecule has 0 saturated heterocycles. The minimum atomic E-state index is -3.76. The number of sulfonamides is 1. The summed E-state index contributed by atoms with van der Waals surface area (Å²) in [6.45, 7) is 2.22. The van der Waals surface area contributed by atoms with Gasteiger partial charge in [-0.15, -0.1) is 11.3 Å². The Hall–Kier alpha value is -2.16. The maximum Gasteiger partial charge on any atom is 0.348 e. The largest absolute Gasteiger partial charge is 0.462 e. The molecule has 0 amide bonds. The summed E-state index contributed by atoms with van der Waals surface area (Å²) in [4.78, 5) is 13.8. The van der Waals surface area contributed by atoms with Crippen LogP contribution in [0.1, 0.15) is 22.2 Å². The summed E-state index contributed by atoms with van der Waals surface area (Å²) in [5, 5.41) is 0. The maximum absolute atomic E-state index is 13.3. The average molecular weight is 478 g/mol. The van der Waals surface area contributed by atoms with Crippen LogP contribution < -0.4 is 4.31 Å². The lowest BCUT2D eigenvalue weighted by Gasteiger charge is -2.30. The van der Waals surface area contributed by atoms with E-state index in [-0.39, 0.29) is 17.4 Å². The fraction of sp³-hybridized carbons (Fsp3) is 0.150. The number of carbonyl (C=O) groups excluding carboxylic acids is 1. The van der Waals surface area contributed by atoms with Gasteiger partial charge in [-0.1, -0.05) is 34.1 Å². The summed E-state index contributed by atoms with van der Waals surface area (Å²) in [6, 6.07) is 15.6. The Kier molecular flexibility index (Phi) is 5.03. The molecule has 2 heterocycles. The second kappa shape index (κ2) is 7.35. The van der Waals surface area contributed by atoms with Crippen LogP contribution in [0.2, 0.25) is 0 Å². The number of carbonyl (C=O) groups is 1. The van der Waals surface area contributed by atoms with Gasteiger partial charge in [0.1, 0.15) is 4.88 Å². The lowest BCUT2D eigenvalue weighted by Crippen LogP contribution is -2.32. The van der Waals surface area contributed by atoms with E-state index in [0.29, 0.717) is 17.2 Å². The van der Waals surface area contributed by atoms with Gasteiger partial charge >= 0.3 is 5.97 Å². The number of hydrogen-bond donors (Lipinski definition) is 0. The Bertz CT molecular complexity index is 1150. The van der Waals surface area contributed by atoms with Crippen molar-refractivity contribution in [3.8, 4) is 10.4 Å².